The van der Waals surface area contributed by atoms with Crippen molar-refractivity contribution < 1.29 is 0 Å². The number of hydrogen-bond donors (Lipinski definition) is 1. The van der Waals surface area contributed by atoms with E-state index in [1.807, 2.05) is 77.4 Å². The molecule has 33 heavy (non-hydrogen) atoms. The van der Waals surface area contributed by atoms with Crippen molar-refractivity contribution in [3.63, 3.8) is 0 Å². The van der Waals surface area contributed by atoms with Gasteiger partial charge in [0.15, 0.2) is 11.0 Å². The van der Waals surface area contributed by atoms with Crippen LogP contribution in [0.15, 0.2) is 106 Å². The molecule has 0 aliphatic carbocycles. The fourth-order valence-corrected chi connectivity index (χ4v) is 4.97. The molecular formula is C26H19ClN4OS. The second-order valence-electron chi connectivity index (χ2n) is 7.39. The molecule has 162 valence electrons. The Bertz CT molecular complexity index is 1510. The number of pyridine rings is 1. The van der Waals surface area contributed by atoms with Crippen LogP contribution in [-0.2, 0) is 6.54 Å². The summed E-state index contributed by atoms with van der Waals surface area (Å²) in [7, 11) is 0. The average molecular weight is 471 g/mol. The third kappa shape index (κ3) is 4.11. The van der Waals surface area contributed by atoms with E-state index in [0.29, 0.717) is 21.6 Å². The second kappa shape index (κ2) is 9.10. The summed E-state index contributed by atoms with van der Waals surface area (Å²) in [6.07, 6.45) is 1.79. The lowest BCUT2D eigenvalue weighted by Gasteiger charge is -2.13. The van der Waals surface area contributed by atoms with E-state index in [9.17, 15) is 4.79 Å². The smallest absolute Gasteiger partial charge is 0.263 e. The molecule has 2 heterocycles. The highest BCUT2D eigenvalue weighted by Crippen LogP contribution is 2.38. The fourth-order valence-electron chi connectivity index (χ4n) is 3.79. The van der Waals surface area contributed by atoms with Crippen molar-refractivity contribution in [1.82, 2.24) is 19.7 Å². The van der Waals surface area contributed by atoms with Gasteiger partial charge in [-0.3, -0.25) is 9.36 Å². The first-order valence-corrected chi connectivity index (χ1v) is 11.5. The standard InChI is InChI=1S/C26H19ClN4OS/c1-2-15-31-24(18-11-7-4-8-12-18)29-30-26(31)33-23-22(17-9-5-3-6-10-17)20-16-19(27)13-14-21(20)28-25(23)32/h2-14,16H,1,15H2,(H,28,32). The number of fused-ring (bicyclic) bond motifs is 1. The number of allylic oxidation sites excluding steroid dienone is 1. The molecule has 0 unspecified atom stereocenters. The van der Waals surface area contributed by atoms with Crippen LogP contribution >= 0.6 is 23.4 Å². The Morgan fingerprint density at radius 1 is 0.970 bits per heavy atom. The van der Waals surface area contributed by atoms with Crippen LogP contribution in [-0.4, -0.2) is 19.7 Å². The molecule has 0 bridgehead atoms. The molecule has 0 saturated carbocycles. The van der Waals surface area contributed by atoms with Crippen LogP contribution in [0.4, 0.5) is 0 Å². The molecule has 0 aliphatic rings. The summed E-state index contributed by atoms with van der Waals surface area (Å²) >= 11 is 7.62. The first-order valence-electron chi connectivity index (χ1n) is 10.3. The topological polar surface area (TPSA) is 63.6 Å². The van der Waals surface area contributed by atoms with Crippen LogP contribution in [0.5, 0.6) is 0 Å². The fraction of sp³-hybridized carbons (Fsp3) is 0.0385. The molecule has 0 radical (unpaired) electrons. The molecule has 0 fully saturated rings. The lowest BCUT2D eigenvalue weighted by molar-refractivity contribution is 0.731. The molecular weight excluding hydrogens is 452 g/mol. The van der Waals surface area contributed by atoms with E-state index in [1.165, 1.54) is 11.8 Å². The van der Waals surface area contributed by atoms with Crippen LogP contribution < -0.4 is 5.56 Å². The maximum Gasteiger partial charge on any atom is 0.263 e. The van der Waals surface area contributed by atoms with E-state index in [1.54, 1.807) is 12.1 Å². The van der Waals surface area contributed by atoms with Crippen LogP contribution in [0.25, 0.3) is 33.4 Å². The molecule has 1 N–H and O–H groups in total. The molecule has 5 aromatic rings. The average Bonchev–Trinajstić information content (AvgIpc) is 3.23. The summed E-state index contributed by atoms with van der Waals surface area (Å²) < 4.78 is 1.96. The van der Waals surface area contributed by atoms with Gasteiger partial charge in [-0.05, 0) is 35.5 Å². The zero-order chi connectivity index (χ0) is 22.8. The molecule has 3 aromatic carbocycles. The van der Waals surface area contributed by atoms with Crippen LogP contribution in [0, 0.1) is 0 Å². The van der Waals surface area contributed by atoms with Gasteiger partial charge in [0, 0.05) is 33.6 Å². The Morgan fingerprint density at radius 3 is 2.36 bits per heavy atom. The van der Waals surface area contributed by atoms with Gasteiger partial charge >= 0.3 is 0 Å². The quantitative estimate of drug-likeness (QED) is 0.290. The van der Waals surface area contributed by atoms with E-state index < -0.39 is 0 Å². The van der Waals surface area contributed by atoms with Gasteiger partial charge < -0.3 is 4.98 Å². The van der Waals surface area contributed by atoms with Crippen molar-refractivity contribution in [2.24, 2.45) is 0 Å². The van der Waals surface area contributed by atoms with Gasteiger partial charge in [-0.2, -0.15) is 0 Å². The van der Waals surface area contributed by atoms with Gasteiger partial charge in [0.2, 0.25) is 0 Å². The van der Waals surface area contributed by atoms with Crippen molar-refractivity contribution in [3.05, 3.63) is 107 Å². The Labute approximate surface area is 199 Å². The summed E-state index contributed by atoms with van der Waals surface area (Å²) in [6.45, 7) is 4.40. The van der Waals surface area contributed by atoms with Gasteiger partial charge in [0.1, 0.15) is 0 Å². The van der Waals surface area contributed by atoms with Gasteiger partial charge in [0.05, 0.1) is 4.90 Å². The number of nitrogens with zero attached hydrogens (tertiary/aromatic N) is 3. The lowest BCUT2D eigenvalue weighted by Crippen LogP contribution is -2.11. The highest BCUT2D eigenvalue weighted by atomic mass is 35.5. The number of benzene rings is 3. The first kappa shape index (κ1) is 21.2. The minimum absolute atomic E-state index is 0.192. The van der Waals surface area contributed by atoms with E-state index in [4.69, 9.17) is 11.6 Å². The minimum Gasteiger partial charge on any atom is -0.321 e. The van der Waals surface area contributed by atoms with Crippen molar-refractivity contribution in [2.75, 3.05) is 0 Å². The van der Waals surface area contributed by atoms with Gasteiger partial charge in [-0.1, -0.05) is 78.3 Å². The SMILES string of the molecule is C=CCn1c(Sc2c(-c3ccccc3)c3cc(Cl)ccc3[nH]c2=O)nnc1-c1ccccc1. The molecule has 0 atom stereocenters. The summed E-state index contributed by atoms with van der Waals surface area (Å²) in [5.41, 5.74) is 3.22. The molecule has 0 aliphatic heterocycles. The number of hydrogen-bond acceptors (Lipinski definition) is 4. The van der Waals surface area contributed by atoms with Crippen molar-refractivity contribution in [3.8, 4) is 22.5 Å². The monoisotopic (exact) mass is 470 g/mol. The summed E-state index contributed by atoms with van der Waals surface area (Å²) in [4.78, 5) is 16.8. The molecule has 5 rings (SSSR count). The van der Waals surface area contributed by atoms with Crippen LogP contribution in [0.3, 0.4) is 0 Å². The van der Waals surface area contributed by atoms with Crippen molar-refractivity contribution in [2.45, 2.75) is 16.6 Å². The normalized spacial score (nSPS) is 11.1. The maximum atomic E-state index is 13.3. The number of aromatic nitrogens is 4. The van der Waals surface area contributed by atoms with E-state index in [2.05, 4.69) is 21.8 Å². The molecule has 0 amide bonds. The minimum atomic E-state index is -0.192. The van der Waals surface area contributed by atoms with Crippen molar-refractivity contribution in [1.29, 1.82) is 0 Å². The molecule has 2 aromatic heterocycles. The Kier molecular flexibility index (Phi) is 5.86. The first-order chi connectivity index (χ1) is 16.2. The molecule has 7 heteroatoms. The molecule has 5 nitrogen and oxygen atoms in total. The summed E-state index contributed by atoms with van der Waals surface area (Å²) in [5.74, 6) is 0.722. The van der Waals surface area contributed by atoms with Crippen LogP contribution in [0.2, 0.25) is 5.02 Å². The second-order valence-corrected chi connectivity index (χ2v) is 8.80. The number of H-pyrrole nitrogens is 1. The summed E-state index contributed by atoms with van der Waals surface area (Å²) in [6, 6.07) is 25.2. The van der Waals surface area contributed by atoms with E-state index in [0.717, 1.165) is 33.4 Å². The van der Waals surface area contributed by atoms with E-state index in [-0.39, 0.29) is 5.56 Å². The third-order valence-electron chi connectivity index (χ3n) is 5.25. The van der Waals surface area contributed by atoms with Gasteiger partial charge in [-0.15, -0.1) is 16.8 Å². The Morgan fingerprint density at radius 2 is 1.67 bits per heavy atom. The van der Waals surface area contributed by atoms with Gasteiger partial charge in [0.25, 0.3) is 5.56 Å². The Hall–Kier alpha value is -3.61. The van der Waals surface area contributed by atoms with Gasteiger partial charge in [-0.25, -0.2) is 0 Å². The number of halogens is 1. The summed E-state index contributed by atoms with van der Waals surface area (Å²) in [5, 5.41) is 10.9. The zero-order valence-corrected chi connectivity index (χ0v) is 19.1. The predicted octanol–water partition coefficient (Wildman–Crippen LogP) is 6.44. The molecule has 0 spiro atoms. The maximum absolute atomic E-state index is 13.3. The van der Waals surface area contributed by atoms with E-state index >= 15 is 0 Å². The zero-order valence-electron chi connectivity index (χ0n) is 17.5. The lowest BCUT2D eigenvalue weighted by atomic mass is 10.0. The number of aromatic amines is 1. The van der Waals surface area contributed by atoms with Crippen molar-refractivity contribution >= 4 is 34.3 Å². The van der Waals surface area contributed by atoms with Crippen LogP contribution in [0.1, 0.15) is 0 Å². The largest absolute Gasteiger partial charge is 0.321 e. The highest BCUT2D eigenvalue weighted by Gasteiger charge is 2.20. The number of nitrogens with one attached hydrogen (secondary N) is 1. The third-order valence-corrected chi connectivity index (χ3v) is 6.56. The molecule has 0 saturated heterocycles. The number of rotatable bonds is 6. The Balaban J connectivity index is 1.72. The highest BCUT2D eigenvalue weighted by molar-refractivity contribution is 7.99. The predicted molar refractivity (Wildman–Crippen MR) is 135 cm³/mol.